The molecule has 0 radical (unpaired) electrons. The molecule has 2 heterocycles. The van der Waals surface area contributed by atoms with Crippen molar-refractivity contribution in [1.29, 1.82) is 0 Å². The van der Waals surface area contributed by atoms with Gasteiger partial charge in [-0.15, -0.1) is 11.3 Å². The van der Waals surface area contributed by atoms with Crippen molar-refractivity contribution in [3.8, 4) is 0 Å². The van der Waals surface area contributed by atoms with Gasteiger partial charge in [0, 0.05) is 37.6 Å². The summed E-state index contributed by atoms with van der Waals surface area (Å²) in [6.45, 7) is 4.31. The molecule has 1 aliphatic heterocycles. The minimum Gasteiger partial charge on any atom is -0.339 e. The number of nitrogens with zero attached hydrogens (tertiary/aromatic N) is 2. The molecule has 0 atom stereocenters. The van der Waals surface area contributed by atoms with Crippen molar-refractivity contribution in [1.82, 2.24) is 9.80 Å². The first-order valence-electron chi connectivity index (χ1n) is 9.48. The van der Waals surface area contributed by atoms with Crippen molar-refractivity contribution in [3.63, 3.8) is 0 Å². The number of piperazine rings is 1. The van der Waals surface area contributed by atoms with Crippen LogP contribution in [0.3, 0.4) is 0 Å². The molecular weight excluding hydrogens is 347 g/mol. The van der Waals surface area contributed by atoms with E-state index in [2.05, 4.69) is 22.4 Å². The standard InChI is InChI=1S/C21H25FN2OS/c22-18-6-3-5-17(15-18)21(8-1-2-9-21)20(25)24-12-10-23(11-13-24)16-19-7-4-14-26-19/h3-7,14-15H,1-2,8-13,16H2. The first-order chi connectivity index (χ1) is 12.7. The van der Waals surface area contributed by atoms with Gasteiger partial charge >= 0.3 is 0 Å². The van der Waals surface area contributed by atoms with Crippen LogP contribution in [0, 0.1) is 5.82 Å². The van der Waals surface area contributed by atoms with Crippen molar-refractivity contribution in [3.05, 3.63) is 58.0 Å². The minimum atomic E-state index is -0.516. The molecule has 2 aromatic rings. The van der Waals surface area contributed by atoms with Crippen molar-refractivity contribution in [2.24, 2.45) is 0 Å². The third-order valence-corrected chi connectivity index (χ3v) is 6.72. The molecule has 0 bridgehead atoms. The summed E-state index contributed by atoms with van der Waals surface area (Å²) in [5.74, 6) is -0.0429. The van der Waals surface area contributed by atoms with E-state index in [-0.39, 0.29) is 11.7 Å². The van der Waals surface area contributed by atoms with E-state index in [1.807, 2.05) is 11.0 Å². The predicted molar refractivity (Wildman–Crippen MR) is 103 cm³/mol. The average Bonchev–Trinajstić information content (AvgIpc) is 3.34. The van der Waals surface area contributed by atoms with Gasteiger partial charge in [0.25, 0.3) is 0 Å². The lowest BCUT2D eigenvalue weighted by Gasteiger charge is -2.40. The third kappa shape index (κ3) is 3.42. The van der Waals surface area contributed by atoms with Gasteiger partial charge in [-0.3, -0.25) is 9.69 Å². The van der Waals surface area contributed by atoms with Crippen LogP contribution in [-0.4, -0.2) is 41.9 Å². The summed E-state index contributed by atoms with van der Waals surface area (Å²) in [6, 6.07) is 10.9. The number of carbonyl (C=O) groups excluding carboxylic acids is 1. The number of carbonyl (C=O) groups is 1. The molecule has 2 fully saturated rings. The van der Waals surface area contributed by atoms with Crippen LogP contribution in [0.1, 0.15) is 36.1 Å². The number of rotatable bonds is 4. The van der Waals surface area contributed by atoms with Gasteiger partial charge in [0.05, 0.1) is 5.41 Å². The third-order valence-electron chi connectivity index (χ3n) is 5.86. The highest BCUT2D eigenvalue weighted by molar-refractivity contribution is 7.09. The van der Waals surface area contributed by atoms with Gasteiger partial charge in [-0.1, -0.05) is 31.0 Å². The highest BCUT2D eigenvalue weighted by Gasteiger charge is 2.45. The van der Waals surface area contributed by atoms with E-state index in [9.17, 15) is 9.18 Å². The molecule has 0 unspecified atom stereocenters. The summed E-state index contributed by atoms with van der Waals surface area (Å²) in [4.78, 5) is 19.2. The molecule has 1 amide bonds. The Morgan fingerprint density at radius 3 is 2.50 bits per heavy atom. The van der Waals surface area contributed by atoms with Crippen LogP contribution in [0.15, 0.2) is 41.8 Å². The maximum Gasteiger partial charge on any atom is 0.233 e. The largest absolute Gasteiger partial charge is 0.339 e. The molecule has 3 nitrogen and oxygen atoms in total. The van der Waals surface area contributed by atoms with Gasteiger partial charge in [0.1, 0.15) is 5.82 Å². The van der Waals surface area contributed by atoms with Crippen LogP contribution < -0.4 is 0 Å². The summed E-state index contributed by atoms with van der Waals surface area (Å²) in [7, 11) is 0. The van der Waals surface area contributed by atoms with Crippen LogP contribution in [0.2, 0.25) is 0 Å². The lowest BCUT2D eigenvalue weighted by molar-refractivity contribution is -0.139. The normalized spacial score (nSPS) is 20.4. The summed E-state index contributed by atoms with van der Waals surface area (Å²) < 4.78 is 13.8. The van der Waals surface area contributed by atoms with Crippen LogP contribution >= 0.6 is 11.3 Å². The molecule has 5 heteroatoms. The molecule has 1 aromatic heterocycles. The van der Waals surface area contributed by atoms with E-state index in [0.29, 0.717) is 0 Å². The lowest BCUT2D eigenvalue weighted by Crippen LogP contribution is -2.53. The van der Waals surface area contributed by atoms with E-state index in [4.69, 9.17) is 0 Å². The second-order valence-electron chi connectivity index (χ2n) is 7.45. The quantitative estimate of drug-likeness (QED) is 0.809. The Morgan fingerprint density at radius 2 is 1.85 bits per heavy atom. The topological polar surface area (TPSA) is 23.6 Å². The SMILES string of the molecule is O=C(N1CCN(Cc2cccs2)CC1)C1(c2cccc(F)c2)CCCC1. The molecule has 0 N–H and O–H groups in total. The van der Waals surface area contributed by atoms with Crippen molar-refractivity contribution >= 4 is 17.2 Å². The second-order valence-corrected chi connectivity index (χ2v) is 8.48. The molecular formula is C21H25FN2OS. The Hall–Kier alpha value is -1.72. The summed E-state index contributed by atoms with van der Waals surface area (Å²) in [6.07, 6.45) is 3.76. The van der Waals surface area contributed by atoms with Crippen LogP contribution in [-0.2, 0) is 16.8 Å². The van der Waals surface area contributed by atoms with Gasteiger partial charge in [-0.25, -0.2) is 4.39 Å². The lowest BCUT2D eigenvalue weighted by atomic mass is 9.77. The molecule has 138 valence electrons. The van der Waals surface area contributed by atoms with Gasteiger partial charge in [0.2, 0.25) is 5.91 Å². The number of hydrogen-bond acceptors (Lipinski definition) is 3. The Kier molecular flexibility index (Phi) is 5.09. The molecule has 4 rings (SSSR count). The van der Waals surface area contributed by atoms with Gasteiger partial charge in [0.15, 0.2) is 0 Å². The predicted octanol–water partition coefficient (Wildman–Crippen LogP) is 4.04. The maximum absolute atomic E-state index is 13.8. The highest BCUT2D eigenvalue weighted by Crippen LogP contribution is 2.43. The fourth-order valence-electron chi connectivity index (χ4n) is 4.43. The smallest absolute Gasteiger partial charge is 0.233 e. The first-order valence-corrected chi connectivity index (χ1v) is 10.4. The molecule has 2 aliphatic rings. The van der Waals surface area contributed by atoms with Gasteiger partial charge < -0.3 is 4.90 Å². The molecule has 1 saturated heterocycles. The Morgan fingerprint density at radius 1 is 1.08 bits per heavy atom. The zero-order valence-corrected chi connectivity index (χ0v) is 15.8. The fraction of sp³-hybridized carbons (Fsp3) is 0.476. The number of halogens is 1. The molecule has 1 saturated carbocycles. The first kappa shape index (κ1) is 17.7. The van der Waals surface area contributed by atoms with E-state index in [0.717, 1.165) is 64.0 Å². The number of hydrogen-bond donors (Lipinski definition) is 0. The van der Waals surface area contributed by atoms with Crippen LogP contribution in [0.25, 0.3) is 0 Å². The zero-order valence-electron chi connectivity index (χ0n) is 15.0. The molecule has 1 aliphatic carbocycles. The maximum atomic E-state index is 13.8. The minimum absolute atomic E-state index is 0.205. The van der Waals surface area contributed by atoms with Gasteiger partial charge in [-0.2, -0.15) is 0 Å². The van der Waals surface area contributed by atoms with E-state index in [1.165, 1.54) is 10.9 Å². The van der Waals surface area contributed by atoms with Crippen LogP contribution in [0.4, 0.5) is 4.39 Å². The van der Waals surface area contributed by atoms with Crippen molar-refractivity contribution < 1.29 is 9.18 Å². The average molecular weight is 373 g/mol. The fourth-order valence-corrected chi connectivity index (χ4v) is 5.17. The van der Waals surface area contributed by atoms with Crippen molar-refractivity contribution in [2.45, 2.75) is 37.6 Å². The summed E-state index contributed by atoms with van der Waals surface area (Å²) in [5.41, 5.74) is 0.346. The van der Waals surface area contributed by atoms with Crippen molar-refractivity contribution in [2.75, 3.05) is 26.2 Å². The Bertz CT molecular complexity index is 747. The Balaban J connectivity index is 1.46. The van der Waals surface area contributed by atoms with E-state index >= 15 is 0 Å². The number of thiophene rings is 1. The second kappa shape index (κ2) is 7.49. The monoisotopic (exact) mass is 372 g/mol. The molecule has 0 spiro atoms. The Labute approximate surface area is 158 Å². The number of amides is 1. The van der Waals surface area contributed by atoms with Crippen LogP contribution in [0.5, 0.6) is 0 Å². The highest BCUT2D eigenvalue weighted by atomic mass is 32.1. The van der Waals surface area contributed by atoms with Gasteiger partial charge in [-0.05, 0) is 42.0 Å². The number of benzene rings is 1. The van der Waals surface area contributed by atoms with E-state index < -0.39 is 5.41 Å². The molecule has 1 aromatic carbocycles. The summed E-state index contributed by atoms with van der Waals surface area (Å²) in [5, 5.41) is 2.11. The zero-order chi connectivity index (χ0) is 18.0. The van der Waals surface area contributed by atoms with E-state index in [1.54, 1.807) is 23.5 Å². The molecule has 26 heavy (non-hydrogen) atoms. The summed E-state index contributed by atoms with van der Waals surface area (Å²) >= 11 is 1.78.